The van der Waals surface area contributed by atoms with E-state index in [0.29, 0.717) is 17.1 Å². The van der Waals surface area contributed by atoms with Crippen molar-refractivity contribution in [2.24, 2.45) is 0 Å². The smallest absolute Gasteiger partial charge is 0.233 e. The molecule has 2 aliphatic heterocycles. The normalized spacial score (nSPS) is 19.0. The Morgan fingerprint density at radius 2 is 1.57 bits per heavy atom. The highest BCUT2D eigenvalue weighted by Gasteiger charge is 2.28. The van der Waals surface area contributed by atoms with Crippen LogP contribution in [0.4, 0.5) is 5.69 Å². The molecule has 2 aromatic rings. The Hall–Kier alpha value is -2.75. The van der Waals surface area contributed by atoms with Crippen LogP contribution in [0.2, 0.25) is 0 Å². The van der Waals surface area contributed by atoms with E-state index in [9.17, 15) is 4.79 Å². The van der Waals surface area contributed by atoms with Crippen LogP contribution in [0.1, 0.15) is 10.4 Å². The van der Waals surface area contributed by atoms with E-state index in [1.54, 1.807) is 0 Å². The minimum atomic E-state index is -0.0221. The maximum Gasteiger partial charge on any atom is 0.233 e. The molecule has 2 aliphatic rings. The summed E-state index contributed by atoms with van der Waals surface area (Å²) in [5.41, 5.74) is 1.90. The van der Waals surface area contributed by atoms with Crippen LogP contribution in [0.3, 0.4) is 0 Å². The Morgan fingerprint density at radius 1 is 0.870 bits per heavy atom. The van der Waals surface area contributed by atoms with Crippen molar-refractivity contribution in [2.75, 3.05) is 31.1 Å². The highest BCUT2D eigenvalue weighted by Crippen LogP contribution is 2.30. The lowest BCUT2D eigenvalue weighted by atomic mass is 10.1. The van der Waals surface area contributed by atoms with Gasteiger partial charge in [0.05, 0.1) is 5.56 Å². The zero-order valence-corrected chi connectivity index (χ0v) is 12.8. The maximum atomic E-state index is 12.3. The van der Waals surface area contributed by atoms with Gasteiger partial charge in [-0.15, -0.1) is 0 Å². The monoisotopic (exact) mass is 306 g/mol. The molecular weight excluding hydrogens is 288 g/mol. The number of fused-ring (bicyclic) bond motifs is 1. The van der Waals surface area contributed by atoms with Crippen molar-refractivity contribution in [3.05, 3.63) is 72.1 Å². The van der Waals surface area contributed by atoms with Crippen molar-refractivity contribution in [3.8, 4) is 5.75 Å². The van der Waals surface area contributed by atoms with Gasteiger partial charge in [0.2, 0.25) is 5.78 Å². The molecule has 0 atom stereocenters. The number of carbonyl (C=O) groups excluding carboxylic acids is 1. The van der Waals surface area contributed by atoms with Crippen LogP contribution in [-0.4, -0.2) is 36.9 Å². The fourth-order valence-electron chi connectivity index (χ4n) is 3.04. The third-order valence-electron chi connectivity index (χ3n) is 4.31. The molecule has 0 aliphatic carbocycles. The second-order valence-corrected chi connectivity index (χ2v) is 5.78. The molecule has 116 valence electrons. The predicted molar refractivity (Wildman–Crippen MR) is 89.7 cm³/mol. The Kier molecular flexibility index (Phi) is 3.50. The molecule has 0 N–H and O–H groups in total. The van der Waals surface area contributed by atoms with Crippen LogP contribution in [0.15, 0.2) is 66.6 Å². The van der Waals surface area contributed by atoms with E-state index < -0.39 is 0 Å². The predicted octanol–water partition coefficient (Wildman–Crippen LogP) is 2.93. The number of nitrogens with zero attached hydrogens (tertiary/aromatic N) is 2. The molecule has 0 amide bonds. The standard InChI is InChI=1S/C19H18N2O2/c22-19-16-8-4-5-9-17(16)23-18(19)14-20-10-12-21(13-11-20)15-6-2-1-3-7-15/h1-9,14H,10-13H2/b18-14-. The van der Waals surface area contributed by atoms with Gasteiger partial charge in [0.1, 0.15) is 5.75 Å². The van der Waals surface area contributed by atoms with E-state index in [2.05, 4.69) is 34.1 Å². The van der Waals surface area contributed by atoms with Gasteiger partial charge in [0.15, 0.2) is 5.76 Å². The number of benzene rings is 2. The van der Waals surface area contributed by atoms with E-state index in [-0.39, 0.29) is 5.78 Å². The van der Waals surface area contributed by atoms with Crippen molar-refractivity contribution >= 4 is 11.5 Å². The summed E-state index contributed by atoms with van der Waals surface area (Å²) in [6.07, 6.45) is 1.87. The quantitative estimate of drug-likeness (QED) is 0.799. The first-order chi connectivity index (χ1) is 11.3. The number of ketones is 1. The molecule has 1 fully saturated rings. The third kappa shape index (κ3) is 2.68. The van der Waals surface area contributed by atoms with Crippen molar-refractivity contribution in [3.63, 3.8) is 0 Å². The van der Waals surface area contributed by atoms with Crippen LogP contribution in [0.25, 0.3) is 0 Å². The van der Waals surface area contributed by atoms with Crippen LogP contribution < -0.4 is 9.64 Å². The molecule has 1 saturated heterocycles. The number of ether oxygens (including phenoxy) is 1. The second-order valence-electron chi connectivity index (χ2n) is 5.78. The molecule has 23 heavy (non-hydrogen) atoms. The summed E-state index contributed by atoms with van der Waals surface area (Å²) in [7, 11) is 0. The lowest BCUT2D eigenvalue weighted by molar-refractivity contribution is 0.101. The minimum Gasteiger partial charge on any atom is -0.451 e. The summed E-state index contributed by atoms with van der Waals surface area (Å²) in [6.45, 7) is 3.64. The summed E-state index contributed by atoms with van der Waals surface area (Å²) in [5.74, 6) is 1.07. The van der Waals surface area contributed by atoms with Gasteiger partial charge in [-0.25, -0.2) is 0 Å². The van der Waals surface area contributed by atoms with E-state index in [1.807, 2.05) is 36.5 Å². The fourth-order valence-corrected chi connectivity index (χ4v) is 3.04. The van der Waals surface area contributed by atoms with Crippen molar-refractivity contribution in [2.45, 2.75) is 0 Å². The topological polar surface area (TPSA) is 32.8 Å². The molecule has 0 bridgehead atoms. The number of para-hydroxylation sites is 2. The van der Waals surface area contributed by atoms with Gasteiger partial charge in [-0.2, -0.15) is 0 Å². The van der Waals surface area contributed by atoms with Gasteiger partial charge in [0, 0.05) is 38.1 Å². The highest BCUT2D eigenvalue weighted by molar-refractivity contribution is 6.12. The van der Waals surface area contributed by atoms with E-state index in [4.69, 9.17) is 4.74 Å². The summed E-state index contributed by atoms with van der Waals surface area (Å²) < 4.78 is 5.69. The number of hydrogen-bond acceptors (Lipinski definition) is 4. The highest BCUT2D eigenvalue weighted by atomic mass is 16.5. The molecule has 0 saturated carbocycles. The van der Waals surface area contributed by atoms with Crippen LogP contribution in [0, 0.1) is 0 Å². The van der Waals surface area contributed by atoms with Crippen molar-refractivity contribution in [1.29, 1.82) is 0 Å². The number of rotatable bonds is 2. The van der Waals surface area contributed by atoms with Gasteiger partial charge in [-0.3, -0.25) is 4.79 Å². The maximum absolute atomic E-state index is 12.3. The number of Topliss-reactive ketones (excluding diaryl/α,β-unsaturated/α-hetero) is 1. The summed E-state index contributed by atoms with van der Waals surface area (Å²) in [4.78, 5) is 16.9. The molecule has 4 rings (SSSR count). The van der Waals surface area contributed by atoms with Crippen LogP contribution in [0.5, 0.6) is 5.75 Å². The first-order valence-corrected chi connectivity index (χ1v) is 7.89. The fraction of sp³-hybridized carbons (Fsp3) is 0.211. The first kappa shape index (κ1) is 13.9. The minimum absolute atomic E-state index is 0.0221. The number of hydrogen-bond donors (Lipinski definition) is 0. The third-order valence-corrected chi connectivity index (χ3v) is 4.31. The molecule has 0 spiro atoms. The van der Waals surface area contributed by atoms with Crippen molar-refractivity contribution in [1.82, 2.24) is 4.90 Å². The van der Waals surface area contributed by atoms with Gasteiger partial charge in [-0.1, -0.05) is 30.3 Å². The lowest BCUT2D eigenvalue weighted by Gasteiger charge is -2.35. The Balaban J connectivity index is 1.43. The lowest BCUT2D eigenvalue weighted by Crippen LogP contribution is -2.44. The summed E-state index contributed by atoms with van der Waals surface area (Å²) >= 11 is 0. The number of piperazine rings is 1. The van der Waals surface area contributed by atoms with Gasteiger partial charge < -0.3 is 14.5 Å². The number of allylic oxidation sites excluding steroid dienone is 1. The Bertz CT molecular complexity index is 747. The van der Waals surface area contributed by atoms with Crippen molar-refractivity contribution < 1.29 is 9.53 Å². The van der Waals surface area contributed by atoms with E-state index in [0.717, 1.165) is 26.2 Å². The van der Waals surface area contributed by atoms with E-state index in [1.165, 1.54) is 5.69 Å². The zero-order chi connectivity index (χ0) is 15.6. The summed E-state index contributed by atoms with van der Waals surface area (Å²) in [5, 5.41) is 0. The SMILES string of the molecule is O=C1/C(=C/N2CCN(c3ccccc3)CC2)Oc2ccccc21. The molecule has 0 unspecified atom stereocenters. The molecule has 4 heteroatoms. The number of anilines is 1. The first-order valence-electron chi connectivity index (χ1n) is 7.89. The van der Waals surface area contributed by atoms with E-state index >= 15 is 0 Å². The number of carbonyl (C=O) groups is 1. The average molecular weight is 306 g/mol. The molecule has 4 nitrogen and oxygen atoms in total. The molecule has 2 heterocycles. The van der Waals surface area contributed by atoms with Gasteiger partial charge >= 0.3 is 0 Å². The largest absolute Gasteiger partial charge is 0.451 e. The molecule has 0 aromatic heterocycles. The molecular formula is C19H18N2O2. The zero-order valence-electron chi connectivity index (χ0n) is 12.8. The van der Waals surface area contributed by atoms with Gasteiger partial charge in [0.25, 0.3) is 0 Å². The van der Waals surface area contributed by atoms with Crippen LogP contribution >= 0.6 is 0 Å². The van der Waals surface area contributed by atoms with Crippen LogP contribution in [-0.2, 0) is 0 Å². The molecule has 0 radical (unpaired) electrons. The Morgan fingerprint density at radius 3 is 2.30 bits per heavy atom. The average Bonchev–Trinajstić information content (AvgIpc) is 2.93. The van der Waals surface area contributed by atoms with Gasteiger partial charge in [-0.05, 0) is 24.3 Å². The summed E-state index contributed by atoms with van der Waals surface area (Å²) in [6, 6.07) is 17.8. The molecule has 2 aromatic carbocycles. The second kappa shape index (κ2) is 5.80. The Labute approximate surface area is 135 Å².